The average molecular weight is 223 g/mol. The van der Waals surface area contributed by atoms with E-state index < -0.39 is 0 Å². The molecule has 16 heavy (non-hydrogen) atoms. The molecule has 1 saturated heterocycles. The van der Waals surface area contributed by atoms with Gasteiger partial charge in [0.2, 0.25) is 0 Å². The Hall–Kier alpha value is -0.870. The summed E-state index contributed by atoms with van der Waals surface area (Å²) in [6.07, 6.45) is 2.26. The molecule has 0 amide bonds. The second-order valence-electron chi connectivity index (χ2n) is 4.49. The zero-order valence-electron chi connectivity index (χ0n) is 10.4. The smallest absolute Gasteiger partial charge is 0.0631 e. The molecule has 0 atom stereocenters. The highest BCUT2D eigenvalue weighted by atomic mass is 16.5. The quantitative estimate of drug-likeness (QED) is 0.840. The molecular formula is C12H21N3O. The van der Waals surface area contributed by atoms with Gasteiger partial charge in [-0.3, -0.25) is 4.68 Å². The Bertz CT molecular complexity index is 353. The van der Waals surface area contributed by atoms with Gasteiger partial charge < -0.3 is 10.1 Å². The lowest BCUT2D eigenvalue weighted by molar-refractivity contribution is 0.0850. The van der Waals surface area contributed by atoms with Crippen LogP contribution in [-0.4, -0.2) is 30.0 Å². The normalized spacial score (nSPS) is 17.9. The molecule has 1 aromatic heterocycles. The Morgan fingerprint density at radius 2 is 2.12 bits per heavy atom. The summed E-state index contributed by atoms with van der Waals surface area (Å²) < 4.78 is 7.44. The van der Waals surface area contributed by atoms with Crippen LogP contribution in [0.15, 0.2) is 0 Å². The Kier molecular flexibility index (Phi) is 3.61. The van der Waals surface area contributed by atoms with Crippen LogP contribution >= 0.6 is 0 Å². The summed E-state index contributed by atoms with van der Waals surface area (Å²) in [5.74, 6) is 0.630. The molecule has 0 bridgehead atoms. The van der Waals surface area contributed by atoms with Gasteiger partial charge in [-0.25, -0.2) is 0 Å². The van der Waals surface area contributed by atoms with Crippen molar-refractivity contribution >= 4 is 0 Å². The molecule has 1 fully saturated rings. The molecule has 2 heterocycles. The third-order valence-electron chi connectivity index (χ3n) is 3.37. The lowest BCUT2D eigenvalue weighted by Gasteiger charge is -2.23. The maximum Gasteiger partial charge on any atom is 0.0631 e. The van der Waals surface area contributed by atoms with Crippen LogP contribution in [0.2, 0.25) is 0 Å². The van der Waals surface area contributed by atoms with Crippen LogP contribution in [0.4, 0.5) is 0 Å². The van der Waals surface area contributed by atoms with Crippen LogP contribution in [-0.2, 0) is 18.3 Å². The second kappa shape index (κ2) is 4.97. The van der Waals surface area contributed by atoms with Crippen molar-refractivity contribution in [2.45, 2.75) is 32.2 Å². The summed E-state index contributed by atoms with van der Waals surface area (Å²) in [7, 11) is 4.01. The minimum absolute atomic E-state index is 0.630. The average Bonchev–Trinajstić information content (AvgIpc) is 2.56. The van der Waals surface area contributed by atoms with Gasteiger partial charge in [0.1, 0.15) is 0 Å². The van der Waals surface area contributed by atoms with E-state index in [4.69, 9.17) is 4.74 Å². The summed E-state index contributed by atoms with van der Waals surface area (Å²) in [4.78, 5) is 0. The number of rotatable bonds is 3. The van der Waals surface area contributed by atoms with Crippen LogP contribution in [0.5, 0.6) is 0 Å². The highest BCUT2D eigenvalue weighted by Crippen LogP contribution is 2.31. The fraction of sp³-hybridized carbons (Fsp3) is 0.750. The second-order valence-corrected chi connectivity index (χ2v) is 4.49. The molecule has 4 heteroatoms. The largest absolute Gasteiger partial charge is 0.381 e. The van der Waals surface area contributed by atoms with Crippen LogP contribution in [0, 0.1) is 6.92 Å². The Morgan fingerprint density at radius 1 is 1.44 bits per heavy atom. The molecule has 0 spiro atoms. The first kappa shape index (κ1) is 11.6. The maximum atomic E-state index is 5.42. The minimum Gasteiger partial charge on any atom is -0.381 e. The molecule has 0 unspecified atom stereocenters. The molecule has 1 aromatic rings. The van der Waals surface area contributed by atoms with Crippen molar-refractivity contribution in [2.24, 2.45) is 7.05 Å². The summed E-state index contributed by atoms with van der Waals surface area (Å²) >= 11 is 0. The molecular weight excluding hydrogens is 202 g/mol. The van der Waals surface area contributed by atoms with E-state index in [9.17, 15) is 0 Å². The molecule has 1 N–H and O–H groups in total. The van der Waals surface area contributed by atoms with Gasteiger partial charge in [0.05, 0.1) is 11.4 Å². The summed E-state index contributed by atoms with van der Waals surface area (Å²) in [5, 5.41) is 7.77. The van der Waals surface area contributed by atoms with E-state index in [1.54, 1.807) is 0 Å². The number of nitrogens with zero attached hydrogens (tertiary/aromatic N) is 2. The molecule has 0 saturated carbocycles. The first-order valence-electron chi connectivity index (χ1n) is 5.98. The summed E-state index contributed by atoms with van der Waals surface area (Å²) in [5.41, 5.74) is 3.95. The van der Waals surface area contributed by atoms with Gasteiger partial charge in [0, 0.05) is 32.4 Å². The van der Waals surface area contributed by atoms with E-state index in [1.165, 1.54) is 17.0 Å². The van der Waals surface area contributed by atoms with Gasteiger partial charge in [-0.1, -0.05) is 0 Å². The van der Waals surface area contributed by atoms with Crippen LogP contribution in [0.25, 0.3) is 0 Å². The van der Waals surface area contributed by atoms with Crippen LogP contribution in [0.3, 0.4) is 0 Å². The molecule has 90 valence electrons. The van der Waals surface area contributed by atoms with E-state index >= 15 is 0 Å². The highest BCUT2D eigenvalue weighted by molar-refractivity contribution is 5.30. The molecule has 2 rings (SSSR count). The van der Waals surface area contributed by atoms with Crippen LogP contribution in [0.1, 0.15) is 35.7 Å². The SMILES string of the molecule is CNCc1c(C2CCOCC2)c(C)nn1C. The van der Waals surface area contributed by atoms with Crippen molar-refractivity contribution in [2.75, 3.05) is 20.3 Å². The third-order valence-corrected chi connectivity index (χ3v) is 3.37. The van der Waals surface area contributed by atoms with Crippen molar-refractivity contribution in [3.63, 3.8) is 0 Å². The predicted octanol–water partition coefficient (Wildman–Crippen LogP) is 1.34. The fourth-order valence-electron chi connectivity index (χ4n) is 2.62. The number of aromatic nitrogens is 2. The molecule has 0 radical (unpaired) electrons. The van der Waals surface area contributed by atoms with Gasteiger partial charge in [-0.2, -0.15) is 5.10 Å². The van der Waals surface area contributed by atoms with E-state index in [1.807, 2.05) is 18.8 Å². The number of aryl methyl sites for hydroxylation is 2. The van der Waals surface area contributed by atoms with Gasteiger partial charge >= 0.3 is 0 Å². The Balaban J connectivity index is 2.29. The molecule has 4 nitrogen and oxygen atoms in total. The minimum atomic E-state index is 0.630. The van der Waals surface area contributed by atoms with Gasteiger partial charge in [-0.15, -0.1) is 0 Å². The van der Waals surface area contributed by atoms with Crippen molar-refractivity contribution < 1.29 is 4.74 Å². The molecule has 1 aliphatic rings. The first-order valence-corrected chi connectivity index (χ1v) is 5.98. The van der Waals surface area contributed by atoms with Gasteiger partial charge in [0.15, 0.2) is 0 Å². The summed E-state index contributed by atoms with van der Waals surface area (Å²) in [6.45, 7) is 4.78. The van der Waals surface area contributed by atoms with Crippen LogP contribution < -0.4 is 5.32 Å². The Morgan fingerprint density at radius 3 is 2.75 bits per heavy atom. The first-order chi connectivity index (χ1) is 7.74. The highest BCUT2D eigenvalue weighted by Gasteiger charge is 2.23. The van der Waals surface area contributed by atoms with Crippen molar-refractivity contribution in [1.82, 2.24) is 15.1 Å². The van der Waals surface area contributed by atoms with Gasteiger partial charge in [-0.05, 0) is 32.7 Å². The van der Waals surface area contributed by atoms with Gasteiger partial charge in [0.25, 0.3) is 0 Å². The van der Waals surface area contributed by atoms with Crippen molar-refractivity contribution in [3.05, 3.63) is 17.0 Å². The number of hydrogen-bond donors (Lipinski definition) is 1. The number of nitrogens with one attached hydrogen (secondary N) is 1. The molecule has 1 aliphatic heterocycles. The van der Waals surface area contributed by atoms with E-state index in [0.717, 1.165) is 32.6 Å². The van der Waals surface area contributed by atoms with Crippen molar-refractivity contribution in [1.29, 1.82) is 0 Å². The maximum absolute atomic E-state index is 5.42. The molecule has 0 aromatic carbocycles. The predicted molar refractivity (Wildman–Crippen MR) is 63.5 cm³/mol. The topological polar surface area (TPSA) is 39.1 Å². The van der Waals surface area contributed by atoms with E-state index in [-0.39, 0.29) is 0 Å². The standard InChI is InChI=1S/C12H21N3O/c1-9-12(10-4-6-16-7-5-10)11(8-13-2)15(3)14-9/h10,13H,4-8H2,1-3H3. The lowest BCUT2D eigenvalue weighted by atomic mass is 9.90. The summed E-state index contributed by atoms with van der Waals surface area (Å²) in [6, 6.07) is 0. The molecule has 0 aliphatic carbocycles. The fourth-order valence-corrected chi connectivity index (χ4v) is 2.62. The Labute approximate surface area is 97.0 Å². The zero-order valence-corrected chi connectivity index (χ0v) is 10.4. The van der Waals surface area contributed by atoms with E-state index in [2.05, 4.69) is 17.3 Å². The number of ether oxygens (including phenoxy) is 1. The van der Waals surface area contributed by atoms with E-state index in [0.29, 0.717) is 5.92 Å². The zero-order chi connectivity index (χ0) is 11.5. The third kappa shape index (κ3) is 2.13. The number of hydrogen-bond acceptors (Lipinski definition) is 3. The monoisotopic (exact) mass is 223 g/mol. The lowest BCUT2D eigenvalue weighted by Crippen LogP contribution is -2.18. The van der Waals surface area contributed by atoms with Crippen molar-refractivity contribution in [3.8, 4) is 0 Å².